The van der Waals surface area contributed by atoms with Crippen LogP contribution in [0.4, 0.5) is 11.4 Å². The van der Waals surface area contributed by atoms with Crippen LogP contribution < -0.4 is 5.32 Å². The third-order valence-corrected chi connectivity index (χ3v) is 4.11. The van der Waals surface area contributed by atoms with Crippen LogP contribution in [0, 0.1) is 0 Å². The van der Waals surface area contributed by atoms with Gasteiger partial charge in [-0.05, 0) is 35.9 Å². The molecule has 120 valence electrons. The van der Waals surface area contributed by atoms with Crippen LogP contribution in [0.15, 0.2) is 66.7 Å². The van der Waals surface area contributed by atoms with Gasteiger partial charge in [0.1, 0.15) is 0 Å². The minimum Gasteiger partial charge on any atom is -0.478 e. The molecule has 0 fully saturated rings. The van der Waals surface area contributed by atoms with Gasteiger partial charge in [0.25, 0.3) is 0 Å². The van der Waals surface area contributed by atoms with Crippen molar-refractivity contribution in [2.24, 2.45) is 0 Å². The van der Waals surface area contributed by atoms with E-state index >= 15 is 0 Å². The summed E-state index contributed by atoms with van der Waals surface area (Å²) in [6.45, 7) is 0. The summed E-state index contributed by atoms with van der Waals surface area (Å²) < 4.78 is 0. The molecule has 0 unspecified atom stereocenters. The Balaban J connectivity index is 2.10. The molecule has 3 aromatic rings. The SMILES string of the molecule is O=C(O)c1cc(Cl)ccc1Nc1cccc(Cl)c1-c1ccccc1. The van der Waals surface area contributed by atoms with E-state index in [1.165, 1.54) is 6.07 Å². The molecule has 3 nitrogen and oxygen atoms in total. The van der Waals surface area contributed by atoms with E-state index in [0.717, 1.165) is 16.8 Å². The molecule has 0 aliphatic rings. The molecule has 3 rings (SSSR count). The maximum absolute atomic E-state index is 11.5. The van der Waals surface area contributed by atoms with Crippen molar-refractivity contribution in [2.45, 2.75) is 0 Å². The summed E-state index contributed by atoms with van der Waals surface area (Å²) in [5.74, 6) is -1.05. The molecule has 2 N–H and O–H groups in total. The Kier molecular flexibility index (Phi) is 4.74. The van der Waals surface area contributed by atoms with Crippen molar-refractivity contribution in [3.05, 3.63) is 82.3 Å². The van der Waals surface area contributed by atoms with Gasteiger partial charge in [0.15, 0.2) is 0 Å². The highest BCUT2D eigenvalue weighted by Crippen LogP contribution is 2.37. The Bertz CT molecular complexity index is 895. The lowest BCUT2D eigenvalue weighted by atomic mass is 10.0. The van der Waals surface area contributed by atoms with Crippen molar-refractivity contribution in [1.82, 2.24) is 0 Å². The molecule has 0 radical (unpaired) electrons. The van der Waals surface area contributed by atoms with Gasteiger partial charge in [-0.2, -0.15) is 0 Å². The highest BCUT2D eigenvalue weighted by atomic mass is 35.5. The molecule has 0 aromatic heterocycles. The van der Waals surface area contributed by atoms with Gasteiger partial charge in [-0.15, -0.1) is 0 Å². The topological polar surface area (TPSA) is 49.3 Å². The van der Waals surface area contributed by atoms with E-state index in [-0.39, 0.29) is 5.56 Å². The monoisotopic (exact) mass is 357 g/mol. The van der Waals surface area contributed by atoms with Gasteiger partial charge in [0.05, 0.1) is 16.3 Å². The molecule has 0 heterocycles. The first-order valence-electron chi connectivity index (χ1n) is 7.20. The number of aromatic carboxylic acids is 1. The van der Waals surface area contributed by atoms with Crippen molar-refractivity contribution in [1.29, 1.82) is 0 Å². The fourth-order valence-corrected chi connectivity index (χ4v) is 2.93. The molecule has 0 bridgehead atoms. The second-order valence-corrected chi connectivity index (χ2v) is 5.99. The predicted octanol–water partition coefficient (Wildman–Crippen LogP) is 6.10. The second-order valence-electron chi connectivity index (χ2n) is 5.15. The number of nitrogens with one attached hydrogen (secondary N) is 1. The number of anilines is 2. The number of carboxylic acids is 1. The molecule has 0 amide bonds. The summed E-state index contributed by atoms with van der Waals surface area (Å²) in [5, 5.41) is 13.5. The summed E-state index contributed by atoms with van der Waals surface area (Å²) in [6, 6.07) is 19.8. The number of hydrogen-bond donors (Lipinski definition) is 2. The Morgan fingerprint density at radius 1 is 0.875 bits per heavy atom. The summed E-state index contributed by atoms with van der Waals surface area (Å²) in [5.41, 5.74) is 3.02. The summed E-state index contributed by atoms with van der Waals surface area (Å²) in [6.07, 6.45) is 0. The van der Waals surface area contributed by atoms with Gasteiger partial charge in [0.2, 0.25) is 0 Å². The Morgan fingerprint density at radius 2 is 1.62 bits per heavy atom. The smallest absolute Gasteiger partial charge is 0.337 e. The Morgan fingerprint density at radius 3 is 2.33 bits per heavy atom. The zero-order valence-electron chi connectivity index (χ0n) is 12.5. The number of carbonyl (C=O) groups is 1. The predicted molar refractivity (Wildman–Crippen MR) is 98.6 cm³/mol. The quantitative estimate of drug-likeness (QED) is 0.592. The van der Waals surface area contributed by atoms with Crippen LogP contribution in [0.2, 0.25) is 10.0 Å². The first kappa shape index (κ1) is 16.4. The molecule has 0 spiro atoms. The molecule has 5 heteroatoms. The second kappa shape index (κ2) is 6.95. The molecule has 24 heavy (non-hydrogen) atoms. The van der Waals surface area contributed by atoms with Gasteiger partial charge >= 0.3 is 5.97 Å². The van der Waals surface area contributed by atoms with E-state index in [9.17, 15) is 9.90 Å². The minimum absolute atomic E-state index is 0.0986. The minimum atomic E-state index is -1.05. The van der Waals surface area contributed by atoms with E-state index in [1.54, 1.807) is 18.2 Å². The van der Waals surface area contributed by atoms with Crippen LogP contribution in [0.25, 0.3) is 11.1 Å². The summed E-state index contributed by atoms with van der Waals surface area (Å²) in [4.78, 5) is 11.5. The van der Waals surface area contributed by atoms with E-state index in [1.807, 2.05) is 42.5 Å². The van der Waals surface area contributed by atoms with E-state index in [0.29, 0.717) is 15.7 Å². The molecule has 0 aliphatic heterocycles. The van der Waals surface area contributed by atoms with Crippen molar-refractivity contribution < 1.29 is 9.90 Å². The number of benzene rings is 3. The molecule has 0 atom stereocenters. The van der Waals surface area contributed by atoms with E-state index in [2.05, 4.69) is 5.32 Å². The van der Waals surface area contributed by atoms with Crippen LogP contribution in [0.1, 0.15) is 10.4 Å². The molecule has 0 saturated carbocycles. The largest absolute Gasteiger partial charge is 0.478 e. The molecule has 0 aliphatic carbocycles. The van der Waals surface area contributed by atoms with Crippen molar-refractivity contribution >= 4 is 40.5 Å². The average molecular weight is 358 g/mol. The lowest BCUT2D eigenvalue weighted by Gasteiger charge is -2.15. The van der Waals surface area contributed by atoms with Gasteiger partial charge in [-0.25, -0.2) is 4.79 Å². The number of rotatable bonds is 4. The molecular formula is C19H13Cl2NO2. The molecule has 0 saturated heterocycles. The lowest BCUT2D eigenvalue weighted by molar-refractivity contribution is 0.0698. The molecular weight excluding hydrogens is 345 g/mol. The maximum Gasteiger partial charge on any atom is 0.337 e. The van der Waals surface area contributed by atoms with Crippen molar-refractivity contribution in [3.8, 4) is 11.1 Å². The Labute approximate surface area is 149 Å². The van der Waals surface area contributed by atoms with Gasteiger partial charge in [-0.1, -0.05) is 59.6 Å². The van der Waals surface area contributed by atoms with Crippen LogP contribution in [0.3, 0.4) is 0 Å². The number of halogens is 2. The zero-order chi connectivity index (χ0) is 17.1. The maximum atomic E-state index is 11.5. The zero-order valence-corrected chi connectivity index (χ0v) is 14.0. The Hall–Kier alpha value is -2.49. The fourth-order valence-electron chi connectivity index (χ4n) is 2.47. The third kappa shape index (κ3) is 3.37. The van der Waals surface area contributed by atoms with Crippen LogP contribution in [-0.2, 0) is 0 Å². The fraction of sp³-hybridized carbons (Fsp3) is 0. The highest BCUT2D eigenvalue weighted by Gasteiger charge is 2.14. The van der Waals surface area contributed by atoms with Crippen LogP contribution in [-0.4, -0.2) is 11.1 Å². The average Bonchev–Trinajstić information content (AvgIpc) is 2.57. The number of hydrogen-bond acceptors (Lipinski definition) is 2. The first-order chi connectivity index (χ1) is 11.6. The standard InChI is InChI=1S/C19H13Cl2NO2/c20-13-9-10-16(14(11-13)19(23)24)22-17-8-4-7-15(21)18(17)12-5-2-1-3-6-12/h1-11,22H,(H,23,24). The highest BCUT2D eigenvalue weighted by molar-refractivity contribution is 6.34. The van der Waals surface area contributed by atoms with Gasteiger partial charge in [0, 0.05) is 16.3 Å². The van der Waals surface area contributed by atoms with Gasteiger partial charge < -0.3 is 10.4 Å². The summed E-state index contributed by atoms with van der Waals surface area (Å²) in [7, 11) is 0. The van der Waals surface area contributed by atoms with E-state index in [4.69, 9.17) is 23.2 Å². The van der Waals surface area contributed by atoms with Crippen LogP contribution >= 0.6 is 23.2 Å². The van der Waals surface area contributed by atoms with Crippen molar-refractivity contribution in [2.75, 3.05) is 5.32 Å². The number of carboxylic acid groups (broad SMARTS) is 1. The lowest BCUT2D eigenvalue weighted by Crippen LogP contribution is -2.03. The van der Waals surface area contributed by atoms with Crippen LogP contribution in [0.5, 0.6) is 0 Å². The van der Waals surface area contributed by atoms with E-state index < -0.39 is 5.97 Å². The first-order valence-corrected chi connectivity index (χ1v) is 7.95. The summed E-state index contributed by atoms with van der Waals surface area (Å²) >= 11 is 12.3. The van der Waals surface area contributed by atoms with Gasteiger partial charge in [-0.3, -0.25) is 0 Å². The van der Waals surface area contributed by atoms with Crippen molar-refractivity contribution in [3.63, 3.8) is 0 Å². The third-order valence-electron chi connectivity index (χ3n) is 3.56. The molecule has 3 aromatic carbocycles. The normalized spacial score (nSPS) is 10.4.